The van der Waals surface area contributed by atoms with Crippen LogP contribution in [0.1, 0.15) is 13.3 Å². The maximum absolute atomic E-state index is 5.69. The molecule has 0 amide bonds. The molecule has 0 bridgehead atoms. The summed E-state index contributed by atoms with van der Waals surface area (Å²) in [6.07, 6.45) is 0.924. The van der Waals surface area contributed by atoms with Gasteiger partial charge in [0.05, 0.1) is 5.69 Å². The summed E-state index contributed by atoms with van der Waals surface area (Å²) in [5, 5.41) is 3.24. The molecule has 0 fully saturated rings. The van der Waals surface area contributed by atoms with Gasteiger partial charge in [-0.2, -0.15) is 0 Å². The fraction of sp³-hybridized carbons (Fsp3) is 0.462. The van der Waals surface area contributed by atoms with E-state index in [2.05, 4.69) is 10.3 Å². The molecule has 18 heavy (non-hydrogen) atoms. The first-order valence-electron chi connectivity index (χ1n) is 6.20. The van der Waals surface area contributed by atoms with Gasteiger partial charge in [0.2, 0.25) is 0 Å². The molecule has 0 unspecified atom stereocenters. The minimum Gasteiger partial charge on any atom is -0.483 e. The van der Waals surface area contributed by atoms with Gasteiger partial charge in [-0.1, -0.05) is 0 Å². The number of fused-ring (bicyclic) bond motifs is 1. The van der Waals surface area contributed by atoms with Crippen LogP contribution in [0.3, 0.4) is 0 Å². The third-order valence-corrected chi connectivity index (χ3v) is 2.60. The highest BCUT2D eigenvalue weighted by molar-refractivity contribution is 5.99. The van der Waals surface area contributed by atoms with Crippen LogP contribution in [0.15, 0.2) is 23.2 Å². The van der Waals surface area contributed by atoms with Crippen molar-refractivity contribution in [1.29, 1.82) is 0 Å². The SMILES string of the molecule is CCOCCCN=C1COc2cc(N)ccc2N1. The highest BCUT2D eigenvalue weighted by Crippen LogP contribution is 2.29. The fourth-order valence-corrected chi connectivity index (χ4v) is 1.71. The highest BCUT2D eigenvalue weighted by atomic mass is 16.5. The van der Waals surface area contributed by atoms with E-state index in [0.717, 1.165) is 43.5 Å². The smallest absolute Gasteiger partial charge is 0.146 e. The van der Waals surface area contributed by atoms with Crippen molar-refractivity contribution in [3.8, 4) is 5.75 Å². The number of rotatable bonds is 5. The van der Waals surface area contributed by atoms with E-state index in [1.807, 2.05) is 25.1 Å². The van der Waals surface area contributed by atoms with Gasteiger partial charge in [-0.25, -0.2) is 0 Å². The Morgan fingerprint density at radius 2 is 2.39 bits per heavy atom. The monoisotopic (exact) mass is 249 g/mol. The molecule has 5 heteroatoms. The van der Waals surface area contributed by atoms with Gasteiger partial charge in [-0.3, -0.25) is 4.99 Å². The van der Waals surface area contributed by atoms with Crippen LogP contribution in [0.25, 0.3) is 0 Å². The molecule has 0 spiro atoms. The van der Waals surface area contributed by atoms with Crippen molar-refractivity contribution in [2.45, 2.75) is 13.3 Å². The van der Waals surface area contributed by atoms with Crippen LogP contribution >= 0.6 is 0 Å². The number of nitrogens with two attached hydrogens (primary N) is 1. The molecule has 0 aromatic heterocycles. The van der Waals surface area contributed by atoms with E-state index in [4.69, 9.17) is 15.2 Å². The zero-order chi connectivity index (χ0) is 12.8. The Labute approximate surface area is 107 Å². The molecule has 0 aliphatic carbocycles. The summed E-state index contributed by atoms with van der Waals surface area (Å²) in [6.45, 7) is 4.71. The lowest BCUT2D eigenvalue weighted by atomic mass is 10.2. The van der Waals surface area contributed by atoms with E-state index in [9.17, 15) is 0 Å². The van der Waals surface area contributed by atoms with Crippen molar-refractivity contribution in [2.24, 2.45) is 4.99 Å². The molecule has 1 aliphatic heterocycles. The maximum Gasteiger partial charge on any atom is 0.146 e. The third kappa shape index (κ3) is 3.37. The maximum atomic E-state index is 5.69. The first-order chi connectivity index (χ1) is 8.79. The zero-order valence-electron chi connectivity index (χ0n) is 10.6. The Hall–Kier alpha value is -1.75. The van der Waals surface area contributed by atoms with Crippen LogP contribution in [0, 0.1) is 0 Å². The Morgan fingerprint density at radius 1 is 1.50 bits per heavy atom. The van der Waals surface area contributed by atoms with Crippen molar-refractivity contribution >= 4 is 17.2 Å². The molecule has 98 valence electrons. The van der Waals surface area contributed by atoms with Crippen LogP contribution in [0.4, 0.5) is 11.4 Å². The Kier molecular flexibility index (Phi) is 4.41. The Morgan fingerprint density at radius 3 is 3.22 bits per heavy atom. The summed E-state index contributed by atoms with van der Waals surface area (Å²) in [6, 6.07) is 5.56. The first-order valence-corrected chi connectivity index (χ1v) is 6.20. The quantitative estimate of drug-likeness (QED) is 0.617. The predicted molar refractivity (Wildman–Crippen MR) is 73.4 cm³/mol. The summed E-state index contributed by atoms with van der Waals surface area (Å²) < 4.78 is 10.8. The van der Waals surface area contributed by atoms with Gasteiger partial charge >= 0.3 is 0 Å². The fourth-order valence-electron chi connectivity index (χ4n) is 1.71. The number of anilines is 2. The lowest BCUT2D eigenvalue weighted by Gasteiger charge is -2.21. The summed E-state index contributed by atoms with van der Waals surface area (Å²) in [5.41, 5.74) is 7.31. The van der Waals surface area contributed by atoms with Crippen molar-refractivity contribution < 1.29 is 9.47 Å². The third-order valence-electron chi connectivity index (χ3n) is 2.60. The van der Waals surface area contributed by atoms with Gasteiger partial charge in [0.1, 0.15) is 18.2 Å². The van der Waals surface area contributed by atoms with Gasteiger partial charge in [-0.05, 0) is 25.5 Å². The van der Waals surface area contributed by atoms with Gasteiger partial charge in [-0.15, -0.1) is 0 Å². The molecule has 1 aromatic carbocycles. The number of aliphatic imine (C=N–C) groups is 1. The molecule has 0 saturated carbocycles. The Bertz CT molecular complexity index is 432. The lowest BCUT2D eigenvalue weighted by Crippen LogP contribution is -2.26. The number of amidine groups is 1. The van der Waals surface area contributed by atoms with E-state index in [-0.39, 0.29) is 0 Å². The van der Waals surface area contributed by atoms with Crippen molar-refractivity contribution in [1.82, 2.24) is 0 Å². The van der Waals surface area contributed by atoms with Crippen LogP contribution in [0.5, 0.6) is 5.75 Å². The predicted octanol–water partition coefficient (Wildman–Crippen LogP) is 1.90. The second-order valence-corrected chi connectivity index (χ2v) is 4.05. The van der Waals surface area contributed by atoms with E-state index < -0.39 is 0 Å². The van der Waals surface area contributed by atoms with Crippen LogP contribution in [0.2, 0.25) is 0 Å². The average Bonchev–Trinajstić information content (AvgIpc) is 2.38. The number of ether oxygens (including phenoxy) is 2. The van der Waals surface area contributed by atoms with E-state index in [1.165, 1.54) is 0 Å². The lowest BCUT2D eigenvalue weighted by molar-refractivity contribution is 0.146. The van der Waals surface area contributed by atoms with Gasteiger partial charge in [0, 0.05) is 31.5 Å². The molecular weight excluding hydrogens is 230 g/mol. The first kappa shape index (κ1) is 12.7. The number of benzene rings is 1. The molecule has 1 aliphatic rings. The zero-order valence-corrected chi connectivity index (χ0v) is 10.6. The number of nitrogen functional groups attached to an aromatic ring is 1. The van der Waals surface area contributed by atoms with Crippen molar-refractivity contribution in [3.63, 3.8) is 0 Å². The van der Waals surface area contributed by atoms with Crippen LogP contribution in [-0.4, -0.2) is 32.2 Å². The largest absolute Gasteiger partial charge is 0.483 e. The molecular formula is C13H19N3O2. The summed E-state index contributed by atoms with van der Waals surface area (Å²) in [4.78, 5) is 4.45. The molecule has 1 heterocycles. The van der Waals surface area contributed by atoms with Crippen molar-refractivity contribution in [2.75, 3.05) is 37.4 Å². The second kappa shape index (κ2) is 6.26. The molecule has 5 nitrogen and oxygen atoms in total. The number of nitrogens with one attached hydrogen (secondary N) is 1. The standard InChI is InChI=1S/C13H19N3O2/c1-2-17-7-3-6-15-13-9-18-12-8-10(14)4-5-11(12)16-13/h4-5,8H,2-3,6-7,9,14H2,1H3,(H,15,16). The second-order valence-electron chi connectivity index (χ2n) is 4.05. The van der Waals surface area contributed by atoms with Gasteiger partial charge < -0.3 is 20.5 Å². The molecule has 0 atom stereocenters. The molecule has 0 saturated heterocycles. The van der Waals surface area contributed by atoms with Crippen LogP contribution in [-0.2, 0) is 4.74 Å². The van der Waals surface area contributed by atoms with E-state index >= 15 is 0 Å². The van der Waals surface area contributed by atoms with Crippen molar-refractivity contribution in [3.05, 3.63) is 18.2 Å². The van der Waals surface area contributed by atoms with Crippen LogP contribution < -0.4 is 15.8 Å². The van der Waals surface area contributed by atoms with Gasteiger partial charge in [0.25, 0.3) is 0 Å². The minimum atomic E-state index is 0.463. The summed E-state index contributed by atoms with van der Waals surface area (Å²) in [5.74, 6) is 1.63. The summed E-state index contributed by atoms with van der Waals surface area (Å²) >= 11 is 0. The minimum absolute atomic E-state index is 0.463. The normalized spacial score (nSPS) is 15.9. The number of hydrogen-bond acceptors (Lipinski definition) is 4. The Balaban J connectivity index is 1.87. The number of hydrogen-bond donors (Lipinski definition) is 2. The van der Waals surface area contributed by atoms with E-state index in [0.29, 0.717) is 12.3 Å². The topological polar surface area (TPSA) is 68.9 Å². The molecule has 2 rings (SSSR count). The molecule has 3 N–H and O–H groups in total. The average molecular weight is 249 g/mol. The van der Waals surface area contributed by atoms with Gasteiger partial charge in [0.15, 0.2) is 0 Å². The number of nitrogens with zero attached hydrogens (tertiary/aromatic N) is 1. The molecule has 1 aromatic rings. The van der Waals surface area contributed by atoms with E-state index in [1.54, 1.807) is 0 Å². The highest BCUT2D eigenvalue weighted by Gasteiger charge is 2.13. The molecule has 0 radical (unpaired) electrons. The summed E-state index contributed by atoms with van der Waals surface area (Å²) in [7, 11) is 0.